The van der Waals surface area contributed by atoms with Gasteiger partial charge in [-0.1, -0.05) is 36.2 Å². The second-order valence-electron chi connectivity index (χ2n) is 4.13. The lowest BCUT2D eigenvalue weighted by Crippen LogP contribution is -2.37. The van der Waals surface area contributed by atoms with Gasteiger partial charge in [0.2, 0.25) is 0 Å². The highest BCUT2D eigenvalue weighted by Gasteiger charge is 2.13. The molecule has 0 aliphatic heterocycles. The van der Waals surface area contributed by atoms with Gasteiger partial charge in [-0.25, -0.2) is 0 Å². The predicted molar refractivity (Wildman–Crippen MR) is 77.2 cm³/mol. The summed E-state index contributed by atoms with van der Waals surface area (Å²) >= 11 is 11.9. The summed E-state index contributed by atoms with van der Waals surface area (Å²) in [6.07, 6.45) is -0.668. The molecule has 0 amide bonds. The third-order valence-electron chi connectivity index (χ3n) is 2.67. The van der Waals surface area contributed by atoms with E-state index in [1.165, 1.54) is 0 Å². The predicted octanol–water partition coefficient (Wildman–Crippen LogP) is 2.05. The molecule has 1 aromatic rings. The van der Waals surface area contributed by atoms with E-state index < -0.39 is 6.10 Å². The van der Waals surface area contributed by atoms with Crippen LogP contribution in [0, 0.1) is 0 Å². The first-order valence-electron chi connectivity index (χ1n) is 6.16. The Morgan fingerprint density at radius 3 is 2.47 bits per heavy atom. The number of ether oxygens (including phenoxy) is 1. The molecule has 6 heteroatoms. The van der Waals surface area contributed by atoms with Crippen LogP contribution in [0.4, 0.5) is 0 Å². The van der Waals surface area contributed by atoms with E-state index in [0.29, 0.717) is 28.9 Å². The average Bonchev–Trinajstić information content (AvgIpc) is 2.37. The molecular weight excluding hydrogens is 289 g/mol. The summed E-state index contributed by atoms with van der Waals surface area (Å²) in [6.45, 7) is 3.85. The molecule has 0 spiro atoms. The molecule has 0 aliphatic carbocycles. The third-order valence-corrected chi connectivity index (χ3v) is 3.27. The Balaban J connectivity index is 2.47. The van der Waals surface area contributed by atoms with Gasteiger partial charge < -0.3 is 14.9 Å². The monoisotopic (exact) mass is 307 g/mol. The molecule has 19 heavy (non-hydrogen) atoms. The largest absolute Gasteiger partial charge is 0.488 e. The molecule has 0 fully saturated rings. The summed E-state index contributed by atoms with van der Waals surface area (Å²) in [7, 11) is 0. The molecule has 0 aromatic heterocycles. The zero-order valence-corrected chi connectivity index (χ0v) is 12.4. The lowest BCUT2D eigenvalue weighted by molar-refractivity contribution is 0.0639. The summed E-state index contributed by atoms with van der Waals surface area (Å²) in [5.41, 5.74) is 0. The smallest absolute Gasteiger partial charge is 0.156 e. The summed E-state index contributed by atoms with van der Waals surface area (Å²) in [5, 5.41) is 19.6. The van der Waals surface area contributed by atoms with E-state index in [-0.39, 0.29) is 13.2 Å². The minimum Gasteiger partial charge on any atom is -0.488 e. The van der Waals surface area contributed by atoms with Crippen LogP contribution in [0.2, 0.25) is 10.0 Å². The fourth-order valence-corrected chi connectivity index (χ4v) is 2.18. The van der Waals surface area contributed by atoms with Gasteiger partial charge in [0.1, 0.15) is 12.7 Å². The minimum atomic E-state index is -0.668. The lowest BCUT2D eigenvalue weighted by atomic mass is 10.3. The zero-order valence-electron chi connectivity index (χ0n) is 10.9. The Morgan fingerprint density at radius 2 is 1.95 bits per heavy atom. The summed E-state index contributed by atoms with van der Waals surface area (Å²) < 4.78 is 5.45. The fourth-order valence-electron chi connectivity index (χ4n) is 1.67. The van der Waals surface area contributed by atoms with E-state index in [1.807, 2.05) is 11.8 Å². The second kappa shape index (κ2) is 8.61. The maximum absolute atomic E-state index is 9.89. The lowest BCUT2D eigenvalue weighted by Gasteiger charge is -2.23. The molecule has 1 aromatic carbocycles. The topological polar surface area (TPSA) is 52.9 Å². The SMILES string of the molecule is CCN(CCO)CC(O)COc1c(Cl)cccc1Cl. The van der Waals surface area contributed by atoms with Crippen molar-refractivity contribution in [3.63, 3.8) is 0 Å². The van der Waals surface area contributed by atoms with Gasteiger partial charge in [-0.2, -0.15) is 0 Å². The number of likely N-dealkylation sites (N-methyl/N-ethyl adjacent to an activating group) is 1. The van der Waals surface area contributed by atoms with Crippen molar-refractivity contribution in [1.82, 2.24) is 4.90 Å². The van der Waals surface area contributed by atoms with E-state index in [1.54, 1.807) is 18.2 Å². The van der Waals surface area contributed by atoms with Crippen molar-refractivity contribution in [3.8, 4) is 5.75 Å². The first-order chi connectivity index (χ1) is 9.08. The molecule has 2 N–H and O–H groups in total. The van der Waals surface area contributed by atoms with Gasteiger partial charge in [-0.15, -0.1) is 0 Å². The molecule has 1 rings (SSSR count). The number of halogens is 2. The van der Waals surface area contributed by atoms with Crippen molar-refractivity contribution in [2.24, 2.45) is 0 Å². The molecule has 4 nitrogen and oxygen atoms in total. The van der Waals surface area contributed by atoms with Crippen molar-refractivity contribution in [2.75, 3.05) is 32.8 Å². The quantitative estimate of drug-likeness (QED) is 0.772. The van der Waals surface area contributed by atoms with Gasteiger partial charge in [0.05, 0.1) is 16.7 Å². The maximum Gasteiger partial charge on any atom is 0.156 e. The first-order valence-corrected chi connectivity index (χ1v) is 6.92. The number of aliphatic hydroxyl groups excluding tert-OH is 2. The molecule has 0 saturated carbocycles. The van der Waals surface area contributed by atoms with Crippen LogP contribution in [0.25, 0.3) is 0 Å². The Kier molecular flexibility index (Phi) is 7.49. The van der Waals surface area contributed by atoms with Crippen LogP contribution in [-0.4, -0.2) is 54.1 Å². The highest BCUT2D eigenvalue weighted by atomic mass is 35.5. The standard InChI is InChI=1S/C13H19Cl2NO3/c1-2-16(6-7-17)8-10(18)9-19-13-11(14)4-3-5-12(13)15/h3-5,10,17-18H,2,6-9H2,1H3. The van der Waals surface area contributed by atoms with Crippen molar-refractivity contribution in [2.45, 2.75) is 13.0 Å². The summed E-state index contributed by atoms with van der Waals surface area (Å²) in [5.74, 6) is 0.384. The van der Waals surface area contributed by atoms with Crippen molar-refractivity contribution < 1.29 is 14.9 Å². The van der Waals surface area contributed by atoms with Crippen LogP contribution >= 0.6 is 23.2 Å². The van der Waals surface area contributed by atoms with E-state index in [0.717, 1.165) is 6.54 Å². The van der Waals surface area contributed by atoms with E-state index >= 15 is 0 Å². The molecule has 1 unspecified atom stereocenters. The van der Waals surface area contributed by atoms with Crippen LogP contribution in [0.15, 0.2) is 18.2 Å². The van der Waals surface area contributed by atoms with E-state index in [4.69, 9.17) is 33.0 Å². The van der Waals surface area contributed by atoms with E-state index in [9.17, 15) is 5.11 Å². The Bertz CT molecular complexity index is 370. The molecule has 1 atom stereocenters. The molecule has 0 heterocycles. The Labute approximate surface area is 123 Å². The first kappa shape index (κ1) is 16.5. The summed E-state index contributed by atoms with van der Waals surface area (Å²) in [6, 6.07) is 5.09. The van der Waals surface area contributed by atoms with Crippen LogP contribution < -0.4 is 4.74 Å². The highest BCUT2D eigenvalue weighted by Crippen LogP contribution is 2.32. The number of nitrogens with zero attached hydrogens (tertiary/aromatic N) is 1. The molecule has 0 radical (unpaired) electrons. The number of hydrogen-bond acceptors (Lipinski definition) is 4. The van der Waals surface area contributed by atoms with Gasteiger partial charge in [-0.3, -0.25) is 4.90 Å². The van der Waals surface area contributed by atoms with Gasteiger partial charge in [0, 0.05) is 13.1 Å². The van der Waals surface area contributed by atoms with Gasteiger partial charge in [0.25, 0.3) is 0 Å². The van der Waals surface area contributed by atoms with Gasteiger partial charge in [-0.05, 0) is 18.7 Å². The number of para-hydroxylation sites is 1. The minimum absolute atomic E-state index is 0.0672. The third kappa shape index (κ3) is 5.55. The highest BCUT2D eigenvalue weighted by molar-refractivity contribution is 6.37. The van der Waals surface area contributed by atoms with Crippen LogP contribution in [0.1, 0.15) is 6.92 Å². The Hall–Kier alpha value is -0.520. The summed E-state index contributed by atoms with van der Waals surface area (Å²) in [4.78, 5) is 1.93. The van der Waals surface area contributed by atoms with Crippen LogP contribution in [0.5, 0.6) is 5.75 Å². The van der Waals surface area contributed by atoms with Crippen LogP contribution in [-0.2, 0) is 0 Å². The average molecular weight is 308 g/mol. The number of rotatable bonds is 8. The molecule has 108 valence electrons. The van der Waals surface area contributed by atoms with Crippen molar-refractivity contribution in [1.29, 1.82) is 0 Å². The molecule has 0 saturated heterocycles. The van der Waals surface area contributed by atoms with E-state index in [2.05, 4.69) is 0 Å². The molecule has 0 bridgehead atoms. The molecular formula is C13H19Cl2NO3. The van der Waals surface area contributed by atoms with Crippen molar-refractivity contribution in [3.05, 3.63) is 28.2 Å². The Morgan fingerprint density at radius 1 is 1.32 bits per heavy atom. The number of benzene rings is 1. The normalized spacial score (nSPS) is 12.7. The van der Waals surface area contributed by atoms with Gasteiger partial charge >= 0.3 is 0 Å². The van der Waals surface area contributed by atoms with Crippen LogP contribution in [0.3, 0.4) is 0 Å². The second-order valence-corrected chi connectivity index (χ2v) is 4.95. The zero-order chi connectivity index (χ0) is 14.3. The van der Waals surface area contributed by atoms with Crippen molar-refractivity contribution >= 4 is 23.2 Å². The van der Waals surface area contributed by atoms with Gasteiger partial charge in [0.15, 0.2) is 5.75 Å². The molecule has 0 aliphatic rings. The fraction of sp³-hybridized carbons (Fsp3) is 0.538. The maximum atomic E-state index is 9.89. The number of hydrogen-bond donors (Lipinski definition) is 2. The number of aliphatic hydroxyl groups is 2.